The van der Waals surface area contributed by atoms with Crippen LogP contribution in [0.2, 0.25) is 0 Å². The van der Waals surface area contributed by atoms with Gasteiger partial charge in [-0.15, -0.1) is 0 Å². The first-order valence-electron chi connectivity index (χ1n) is 11.0. The number of rotatable bonds is 4. The number of hydrogen-bond donors (Lipinski definition) is 0. The van der Waals surface area contributed by atoms with E-state index in [0.717, 1.165) is 23.0 Å². The van der Waals surface area contributed by atoms with Crippen LogP contribution in [0.15, 0.2) is 36.4 Å². The van der Waals surface area contributed by atoms with Crippen molar-refractivity contribution in [2.75, 3.05) is 0 Å². The summed E-state index contributed by atoms with van der Waals surface area (Å²) in [5.74, 6) is 2.78. The van der Waals surface area contributed by atoms with E-state index in [-0.39, 0.29) is 31.9 Å². The van der Waals surface area contributed by atoms with Gasteiger partial charge in [-0.25, -0.2) is 10.2 Å². The van der Waals surface area contributed by atoms with Crippen molar-refractivity contribution in [3.63, 3.8) is 0 Å². The van der Waals surface area contributed by atoms with Gasteiger partial charge in [-0.05, 0) is 36.8 Å². The Labute approximate surface area is 215 Å². The van der Waals surface area contributed by atoms with Crippen molar-refractivity contribution in [2.24, 2.45) is 0 Å². The Morgan fingerprint density at radius 2 is 1.00 bits per heavy atom. The van der Waals surface area contributed by atoms with Gasteiger partial charge in [0.2, 0.25) is 0 Å². The molecule has 0 aliphatic rings. The van der Waals surface area contributed by atoms with Crippen LogP contribution in [-0.2, 0) is 37.3 Å². The average Bonchev–Trinajstić information content (AvgIpc) is 3.44. The average molecular weight is 638 g/mol. The normalized spacial score (nSPS) is 12.5. The van der Waals surface area contributed by atoms with Crippen molar-refractivity contribution < 1.29 is 21.1 Å². The molecule has 4 heterocycles. The summed E-state index contributed by atoms with van der Waals surface area (Å²) < 4.78 is 3.20. The monoisotopic (exact) mass is 637 g/mol. The Hall–Kier alpha value is -2.73. The summed E-state index contributed by atoms with van der Waals surface area (Å²) in [6.07, 6.45) is 5.89. The van der Waals surface area contributed by atoms with E-state index in [9.17, 15) is 0 Å². The molecule has 0 aliphatic carbocycles. The number of nitrogens with zero attached hydrogens (tertiary/aromatic N) is 8. The quantitative estimate of drug-likeness (QED) is 0.313. The molecule has 180 valence electrons. The van der Waals surface area contributed by atoms with E-state index >= 15 is 0 Å². The molecule has 0 N–H and O–H groups in total. The van der Waals surface area contributed by atoms with Gasteiger partial charge in [0, 0.05) is 29.5 Å². The third-order valence-corrected chi connectivity index (χ3v) is 5.42. The molecule has 4 rings (SSSR count). The Balaban J connectivity index is 0.00000324. The fourth-order valence-corrected chi connectivity index (χ4v) is 3.22. The molecular formula is C25H30N8Pt. The maximum atomic E-state index is 4.87. The molecule has 34 heavy (non-hydrogen) atoms. The molecule has 0 spiro atoms. The van der Waals surface area contributed by atoms with Crippen LogP contribution in [-0.4, -0.2) is 39.5 Å². The van der Waals surface area contributed by atoms with Gasteiger partial charge in [0.1, 0.15) is 0 Å². The van der Waals surface area contributed by atoms with Crippen LogP contribution in [0.3, 0.4) is 0 Å². The van der Waals surface area contributed by atoms with Crippen LogP contribution in [0.25, 0.3) is 11.6 Å². The van der Waals surface area contributed by atoms with Gasteiger partial charge in [0.25, 0.3) is 0 Å². The fourth-order valence-electron chi connectivity index (χ4n) is 3.22. The Morgan fingerprint density at radius 1 is 0.618 bits per heavy atom. The molecule has 0 atom stereocenters. The van der Waals surface area contributed by atoms with Crippen molar-refractivity contribution in [1.82, 2.24) is 39.5 Å². The zero-order valence-electron chi connectivity index (χ0n) is 20.9. The summed E-state index contributed by atoms with van der Waals surface area (Å²) in [6, 6.07) is 11.7. The molecule has 0 aliphatic heterocycles. The van der Waals surface area contributed by atoms with E-state index in [4.69, 9.17) is 9.97 Å². The summed E-state index contributed by atoms with van der Waals surface area (Å²) in [5, 5.41) is 9.15. The van der Waals surface area contributed by atoms with E-state index in [1.165, 1.54) is 0 Å². The minimum Gasteiger partial charge on any atom is -0.349 e. The van der Waals surface area contributed by atoms with E-state index in [0.29, 0.717) is 11.6 Å². The molecule has 0 saturated heterocycles. The molecule has 0 bridgehead atoms. The SMILES string of the molecule is CC(C)(C)c1n[c-]n(-c2cccc(C(C)(C)c3cccc(-n4[c-]nc(C(C)(C)C)n4)n3)n2)n1.[Pt+2]. The smallest absolute Gasteiger partial charge is 0.349 e. The Bertz CT molecular complexity index is 1180. The van der Waals surface area contributed by atoms with Gasteiger partial charge in [-0.1, -0.05) is 65.8 Å². The molecule has 0 radical (unpaired) electrons. The van der Waals surface area contributed by atoms with Crippen molar-refractivity contribution in [2.45, 2.75) is 71.6 Å². The standard InChI is InChI=1S/C25H30N8.Pt/c1-23(2,3)21-26-15-32(30-21)19-13-9-11-17(28-19)25(7,8)18-12-10-14-20(29-18)33-16-27-22(31-33)24(4,5)6;/h9-14H,1-8H3;/q-2;+2. The van der Waals surface area contributed by atoms with E-state index in [1.54, 1.807) is 9.36 Å². The van der Waals surface area contributed by atoms with Crippen molar-refractivity contribution in [3.05, 3.63) is 72.1 Å². The van der Waals surface area contributed by atoms with Crippen LogP contribution in [0.1, 0.15) is 78.4 Å². The minimum absolute atomic E-state index is 0. The van der Waals surface area contributed by atoms with Gasteiger partial charge in [-0.3, -0.25) is 9.97 Å². The van der Waals surface area contributed by atoms with Crippen molar-refractivity contribution in [3.8, 4) is 11.6 Å². The maximum Gasteiger partial charge on any atom is 2.00 e. The molecule has 9 heteroatoms. The number of hydrogen-bond acceptors (Lipinski definition) is 6. The summed E-state index contributed by atoms with van der Waals surface area (Å²) >= 11 is 0. The third kappa shape index (κ3) is 5.17. The summed E-state index contributed by atoms with van der Waals surface area (Å²) in [5.41, 5.74) is 0.947. The molecule has 0 amide bonds. The van der Waals surface area contributed by atoms with E-state index in [1.807, 2.05) is 36.4 Å². The van der Waals surface area contributed by atoms with E-state index < -0.39 is 5.41 Å². The topological polar surface area (TPSA) is 87.2 Å². The van der Waals surface area contributed by atoms with Crippen LogP contribution in [0.4, 0.5) is 0 Å². The van der Waals surface area contributed by atoms with Crippen molar-refractivity contribution in [1.29, 1.82) is 0 Å². The fraction of sp³-hybridized carbons (Fsp3) is 0.440. The molecule has 0 unspecified atom stereocenters. The first-order chi connectivity index (χ1) is 15.4. The summed E-state index contributed by atoms with van der Waals surface area (Å²) in [6.45, 7) is 16.6. The van der Waals surface area contributed by atoms with Gasteiger partial charge in [0.15, 0.2) is 0 Å². The molecule has 8 nitrogen and oxygen atoms in total. The van der Waals surface area contributed by atoms with Crippen LogP contribution >= 0.6 is 0 Å². The van der Waals surface area contributed by atoms with Gasteiger partial charge >= 0.3 is 21.1 Å². The molecule has 0 aromatic carbocycles. The Morgan fingerprint density at radius 3 is 1.32 bits per heavy atom. The predicted octanol–water partition coefficient (Wildman–Crippen LogP) is 4.16. The van der Waals surface area contributed by atoms with Crippen LogP contribution < -0.4 is 0 Å². The van der Waals surface area contributed by atoms with Crippen LogP contribution in [0.5, 0.6) is 0 Å². The van der Waals surface area contributed by atoms with E-state index in [2.05, 4.69) is 88.2 Å². The zero-order chi connectivity index (χ0) is 24.0. The molecule has 4 aromatic rings. The first-order valence-corrected chi connectivity index (χ1v) is 11.0. The first kappa shape index (κ1) is 25.9. The summed E-state index contributed by atoms with van der Waals surface area (Å²) in [4.78, 5) is 18.4. The molecule has 0 saturated carbocycles. The second-order valence-corrected chi connectivity index (χ2v) is 10.8. The van der Waals surface area contributed by atoms with Gasteiger partial charge in [-0.2, -0.15) is 0 Å². The molecule has 0 fully saturated rings. The second-order valence-electron chi connectivity index (χ2n) is 10.8. The minimum atomic E-state index is -0.465. The van der Waals surface area contributed by atoms with Gasteiger partial charge < -0.3 is 19.3 Å². The predicted molar refractivity (Wildman–Crippen MR) is 126 cm³/mol. The van der Waals surface area contributed by atoms with Gasteiger partial charge in [0.05, 0.1) is 23.3 Å². The maximum absolute atomic E-state index is 4.87. The zero-order valence-corrected chi connectivity index (χ0v) is 23.1. The molecule has 4 aromatic heterocycles. The number of pyridine rings is 2. The summed E-state index contributed by atoms with van der Waals surface area (Å²) in [7, 11) is 0. The van der Waals surface area contributed by atoms with Crippen LogP contribution in [0, 0.1) is 12.7 Å². The molecular weight excluding hydrogens is 607 g/mol. The number of aromatic nitrogens is 8. The second kappa shape index (κ2) is 9.14. The van der Waals surface area contributed by atoms with Crippen molar-refractivity contribution >= 4 is 0 Å². The largest absolute Gasteiger partial charge is 2.00 e. The third-order valence-electron chi connectivity index (χ3n) is 5.42. The Kier molecular flexibility index (Phi) is 6.96.